The number of hydrogen-bond acceptors (Lipinski definition) is 6. The molecular formula is C10H9NO6S2. The summed E-state index contributed by atoms with van der Waals surface area (Å²) in [5, 5.41) is 26.5. The molecule has 0 unspecified atom stereocenters. The molecule has 0 radical (unpaired) electrons. The first-order chi connectivity index (χ1) is 8.88. The molecule has 9 heteroatoms. The fourth-order valence-corrected chi connectivity index (χ4v) is 2.37. The first-order valence-corrected chi connectivity index (χ1v) is 6.80. The van der Waals surface area contributed by atoms with Gasteiger partial charge in [0, 0.05) is 0 Å². The molecule has 102 valence electrons. The molecule has 1 heterocycles. The van der Waals surface area contributed by atoms with Crippen LogP contribution >= 0.6 is 23.5 Å². The molecule has 0 bridgehead atoms. The number of carboxylic acid groups (broad SMARTS) is 3. The van der Waals surface area contributed by atoms with Crippen molar-refractivity contribution < 1.29 is 29.7 Å². The Morgan fingerprint density at radius 3 is 1.68 bits per heavy atom. The summed E-state index contributed by atoms with van der Waals surface area (Å²) in [6, 6.07) is 2.50. The van der Waals surface area contributed by atoms with Gasteiger partial charge in [0.15, 0.2) is 0 Å². The molecule has 0 aliphatic carbocycles. The maximum Gasteiger partial charge on any atom is 0.335 e. The molecule has 0 aliphatic rings. The molecule has 1 aromatic rings. The van der Waals surface area contributed by atoms with Gasteiger partial charge in [0.1, 0.15) is 0 Å². The minimum atomic E-state index is -1.18. The SMILES string of the molecule is O=C(O)CSc1cc(C(=O)O)cc(SCC(=O)O)n1. The number of rotatable bonds is 7. The number of pyridine rings is 1. The molecule has 0 amide bonds. The topological polar surface area (TPSA) is 125 Å². The molecule has 1 aromatic heterocycles. The molecule has 19 heavy (non-hydrogen) atoms. The van der Waals surface area contributed by atoms with Crippen LogP contribution in [-0.4, -0.2) is 49.7 Å². The van der Waals surface area contributed by atoms with Crippen molar-refractivity contribution in [2.24, 2.45) is 0 Å². The second-order valence-corrected chi connectivity index (χ2v) is 5.19. The van der Waals surface area contributed by atoms with Crippen LogP contribution in [0.1, 0.15) is 10.4 Å². The number of thioether (sulfide) groups is 2. The average molecular weight is 303 g/mol. The summed E-state index contributed by atoms with van der Waals surface area (Å²) < 4.78 is 0. The van der Waals surface area contributed by atoms with Gasteiger partial charge in [-0.3, -0.25) is 9.59 Å². The Balaban J connectivity index is 2.93. The Labute approximate surface area is 116 Å². The van der Waals surface area contributed by atoms with Crippen molar-refractivity contribution in [3.8, 4) is 0 Å². The summed E-state index contributed by atoms with van der Waals surface area (Å²) in [5.41, 5.74) is -0.0595. The van der Waals surface area contributed by atoms with Crippen molar-refractivity contribution in [1.29, 1.82) is 0 Å². The van der Waals surface area contributed by atoms with Gasteiger partial charge < -0.3 is 15.3 Å². The largest absolute Gasteiger partial charge is 0.481 e. The zero-order valence-electron chi connectivity index (χ0n) is 9.40. The van der Waals surface area contributed by atoms with E-state index < -0.39 is 17.9 Å². The highest BCUT2D eigenvalue weighted by Crippen LogP contribution is 2.23. The van der Waals surface area contributed by atoms with E-state index in [1.54, 1.807) is 0 Å². The quantitative estimate of drug-likeness (QED) is 0.635. The highest BCUT2D eigenvalue weighted by molar-refractivity contribution is 8.00. The number of aromatic nitrogens is 1. The van der Waals surface area contributed by atoms with E-state index in [0.717, 1.165) is 23.5 Å². The van der Waals surface area contributed by atoms with Crippen LogP contribution in [0.25, 0.3) is 0 Å². The van der Waals surface area contributed by atoms with E-state index in [9.17, 15) is 14.4 Å². The van der Waals surface area contributed by atoms with Crippen molar-refractivity contribution in [2.75, 3.05) is 11.5 Å². The Kier molecular flexibility index (Phi) is 5.64. The number of hydrogen-bond donors (Lipinski definition) is 3. The van der Waals surface area contributed by atoms with Crippen LogP contribution in [0.4, 0.5) is 0 Å². The van der Waals surface area contributed by atoms with Crippen LogP contribution < -0.4 is 0 Å². The highest BCUT2D eigenvalue weighted by atomic mass is 32.2. The summed E-state index contributed by atoms with van der Waals surface area (Å²) in [6.07, 6.45) is 0. The van der Waals surface area contributed by atoms with Gasteiger partial charge in [-0.1, -0.05) is 23.5 Å². The fourth-order valence-electron chi connectivity index (χ4n) is 1.02. The van der Waals surface area contributed by atoms with Crippen LogP contribution in [0, 0.1) is 0 Å². The predicted molar refractivity (Wildman–Crippen MR) is 67.9 cm³/mol. The maximum absolute atomic E-state index is 10.9. The molecule has 0 fully saturated rings. The van der Waals surface area contributed by atoms with Crippen LogP contribution in [-0.2, 0) is 9.59 Å². The Hall–Kier alpha value is -1.74. The highest BCUT2D eigenvalue weighted by Gasteiger charge is 2.11. The van der Waals surface area contributed by atoms with E-state index in [2.05, 4.69) is 4.98 Å². The third-order valence-corrected chi connectivity index (χ3v) is 3.50. The maximum atomic E-state index is 10.9. The van der Waals surface area contributed by atoms with Crippen LogP contribution in [0.2, 0.25) is 0 Å². The van der Waals surface area contributed by atoms with Crippen molar-refractivity contribution in [3.63, 3.8) is 0 Å². The summed E-state index contributed by atoms with van der Waals surface area (Å²) in [6.45, 7) is 0. The molecule has 0 aliphatic heterocycles. The van der Waals surface area contributed by atoms with Crippen LogP contribution in [0.15, 0.2) is 22.2 Å². The summed E-state index contributed by atoms with van der Waals surface area (Å²) in [7, 11) is 0. The lowest BCUT2D eigenvalue weighted by Gasteiger charge is -2.04. The van der Waals surface area contributed by atoms with E-state index in [4.69, 9.17) is 15.3 Å². The zero-order valence-corrected chi connectivity index (χ0v) is 11.0. The Bertz CT molecular complexity index is 482. The van der Waals surface area contributed by atoms with Crippen molar-refractivity contribution in [3.05, 3.63) is 17.7 Å². The Morgan fingerprint density at radius 2 is 1.37 bits per heavy atom. The summed E-state index contributed by atoms with van der Waals surface area (Å²) >= 11 is 1.75. The molecule has 0 aromatic carbocycles. The average Bonchev–Trinajstić information content (AvgIpc) is 2.33. The third kappa shape index (κ3) is 5.62. The van der Waals surface area contributed by atoms with E-state index >= 15 is 0 Å². The predicted octanol–water partition coefficient (Wildman–Crippen LogP) is 1.13. The number of aliphatic carboxylic acids is 2. The van der Waals surface area contributed by atoms with Gasteiger partial charge in [-0.05, 0) is 12.1 Å². The van der Waals surface area contributed by atoms with Crippen LogP contribution in [0.5, 0.6) is 0 Å². The molecule has 1 rings (SSSR count). The second-order valence-electron chi connectivity index (χ2n) is 3.20. The lowest BCUT2D eigenvalue weighted by atomic mass is 10.3. The number of carboxylic acids is 3. The standard InChI is InChI=1S/C10H9NO6S2/c12-8(13)3-18-6-1-5(10(16)17)2-7(11-6)19-4-9(14)15/h1-2H,3-4H2,(H,12,13)(H,14,15)(H,16,17). The van der Waals surface area contributed by atoms with E-state index in [1.807, 2.05) is 0 Å². The summed E-state index contributed by atoms with van der Waals surface area (Å²) in [5.74, 6) is -3.78. The molecule has 0 spiro atoms. The second kappa shape index (κ2) is 7.00. The fraction of sp³-hybridized carbons (Fsp3) is 0.200. The molecule has 0 saturated heterocycles. The van der Waals surface area contributed by atoms with Crippen molar-refractivity contribution in [1.82, 2.24) is 4.98 Å². The molecule has 0 saturated carbocycles. The summed E-state index contributed by atoms with van der Waals surface area (Å²) in [4.78, 5) is 35.8. The lowest BCUT2D eigenvalue weighted by Crippen LogP contribution is -2.03. The normalized spacial score (nSPS) is 10.1. The van der Waals surface area contributed by atoms with Gasteiger partial charge >= 0.3 is 17.9 Å². The molecule has 0 atom stereocenters. The Morgan fingerprint density at radius 1 is 0.947 bits per heavy atom. The minimum absolute atomic E-state index is 0.0595. The third-order valence-electron chi connectivity index (χ3n) is 1.71. The number of aromatic carboxylic acids is 1. The van der Waals surface area contributed by atoms with Crippen LogP contribution in [0.3, 0.4) is 0 Å². The lowest BCUT2D eigenvalue weighted by molar-refractivity contribution is -0.134. The van der Waals surface area contributed by atoms with Gasteiger partial charge in [-0.15, -0.1) is 0 Å². The smallest absolute Gasteiger partial charge is 0.335 e. The van der Waals surface area contributed by atoms with Gasteiger partial charge in [-0.25, -0.2) is 9.78 Å². The van der Waals surface area contributed by atoms with Crippen molar-refractivity contribution >= 4 is 41.4 Å². The molecular weight excluding hydrogens is 294 g/mol. The van der Waals surface area contributed by atoms with Gasteiger partial charge in [-0.2, -0.15) is 0 Å². The van der Waals surface area contributed by atoms with Crippen molar-refractivity contribution in [2.45, 2.75) is 10.1 Å². The monoisotopic (exact) mass is 303 g/mol. The van der Waals surface area contributed by atoms with Gasteiger partial charge in [0.2, 0.25) is 0 Å². The van der Waals surface area contributed by atoms with E-state index in [-0.39, 0.29) is 27.1 Å². The van der Waals surface area contributed by atoms with E-state index in [0.29, 0.717) is 0 Å². The molecule has 7 nitrogen and oxygen atoms in total. The van der Waals surface area contributed by atoms with Gasteiger partial charge in [0.25, 0.3) is 0 Å². The zero-order chi connectivity index (χ0) is 14.4. The first-order valence-electron chi connectivity index (χ1n) is 4.83. The number of carbonyl (C=O) groups is 3. The number of nitrogens with zero attached hydrogens (tertiary/aromatic N) is 1. The minimum Gasteiger partial charge on any atom is -0.481 e. The first kappa shape index (κ1) is 15.3. The van der Waals surface area contributed by atoms with Gasteiger partial charge in [0.05, 0.1) is 27.1 Å². The molecule has 3 N–H and O–H groups in total. The van der Waals surface area contributed by atoms with E-state index in [1.165, 1.54) is 12.1 Å².